The first-order chi connectivity index (χ1) is 59.3. The van der Waals surface area contributed by atoms with E-state index >= 15 is 0 Å². The van der Waals surface area contributed by atoms with E-state index in [1.807, 2.05) is 118 Å². The molecular weight excluding hydrogens is 1480 g/mol. The first-order valence-electron chi connectivity index (χ1n) is 41.2. The summed E-state index contributed by atoms with van der Waals surface area (Å²) < 4.78 is 7.92. The third-order valence-electron chi connectivity index (χ3n) is 23.3. The van der Waals surface area contributed by atoms with Crippen LogP contribution in [0.3, 0.4) is 0 Å². The van der Waals surface area contributed by atoms with E-state index in [1.165, 1.54) is 50.4 Å². The lowest BCUT2D eigenvalue weighted by Gasteiger charge is -2.29. The number of nitrogens with one attached hydrogen (secondary N) is 3. The molecule has 0 saturated carbocycles. The van der Waals surface area contributed by atoms with Gasteiger partial charge in [0.2, 0.25) is 0 Å². The van der Waals surface area contributed by atoms with Crippen LogP contribution < -0.4 is 30.7 Å². The number of nitrogens with zero attached hydrogens (tertiary/aromatic N) is 16. The molecule has 0 atom stereocenters. The normalized spacial score (nSPS) is 13.7. The van der Waals surface area contributed by atoms with Gasteiger partial charge in [0.05, 0.1) is 69.2 Å². The van der Waals surface area contributed by atoms with E-state index in [0.29, 0.717) is 0 Å². The number of aryl methyl sites for hydroxylation is 2. The molecule has 15 heterocycles. The van der Waals surface area contributed by atoms with Crippen molar-refractivity contribution in [2.24, 2.45) is 0 Å². The van der Waals surface area contributed by atoms with Gasteiger partial charge in [0.1, 0.15) is 0 Å². The lowest BCUT2D eigenvalue weighted by molar-refractivity contribution is 0.589. The topological polar surface area (TPSA) is 179 Å². The third kappa shape index (κ3) is 15.2. The van der Waals surface area contributed by atoms with Gasteiger partial charge in [-0.15, -0.1) is 0 Å². The average Bonchev–Trinajstić information content (AvgIpc) is 1.59. The highest BCUT2D eigenvalue weighted by Crippen LogP contribution is 2.38. The fourth-order valence-corrected chi connectivity index (χ4v) is 16.9. The van der Waals surface area contributed by atoms with Crippen molar-refractivity contribution >= 4 is 82.9 Å². The highest BCUT2D eigenvalue weighted by molar-refractivity contribution is 6.02. The summed E-state index contributed by atoms with van der Waals surface area (Å²) in [5.41, 5.74) is 32.5. The number of imidazole rings is 1. The molecule has 23 rings (SSSR count). The molecule has 3 saturated heterocycles. The van der Waals surface area contributed by atoms with Gasteiger partial charge in [0.15, 0.2) is 5.65 Å². The highest BCUT2D eigenvalue weighted by atomic mass is 15.2. The van der Waals surface area contributed by atoms with Gasteiger partial charge in [-0.1, -0.05) is 151 Å². The number of aromatic nitrogens is 13. The van der Waals surface area contributed by atoms with Gasteiger partial charge in [-0.05, 0) is 167 Å². The molecule has 3 aliphatic heterocycles. The number of piperazine rings is 3. The average molecular weight is 1570 g/mol. The molecule has 3 fully saturated rings. The predicted molar refractivity (Wildman–Crippen MR) is 488 cm³/mol. The van der Waals surface area contributed by atoms with Crippen molar-refractivity contribution in [3.8, 4) is 89.1 Å². The lowest BCUT2D eigenvalue weighted by atomic mass is 10.0. The van der Waals surface area contributed by atoms with Crippen LogP contribution in [0.2, 0.25) is 0 Å². The summed E-state index contributed by atoms with van der Waals surface area (Å²) >= 11 is 0. The number of benzene rings is 8. The molecule has 0 unspecified atom stereocenters. The Hall–Kier alpha value is -14.6. The molecule has 19 heteroatoms. The Kier molecular flexibility index (Phi) is 20.5. The third-order valence-corrected chi connectivity index (χ3v) is 23.3. The van der Waals surface area contributed by atoms with Crippen LogP contribution in [-0.4, -0.2) is 142 Å². The molecule has 3 N–H and O–H groups in total. The monoisotopic (exact) mass is 1570 g/mol. The van der Waals surface area contributed by atoms with Crippen LogP contribution in [0.15, 0.2) is 329 Å². The van der Waals surface area contributed by atoms with E-state index in [0.717, 1.165) is 211 Å². The summed E-state index contributed by atoms with van der Waals surface area (Å²) in [4.78, 5) is 34.8. The molecular formula is C101H87N19. The van der Waals surface area contributed by atoms with E-state index < -0.39 is 0 Å². The van der Waals surface area contributed by atoms with Crippen LogP contribution in [-0.2, 0) is 0 Å². The lowest BCUT2D eigenvalue weighted by Crippen LogP contribution is -2.43. The summed E-state index contributed by atoms with van der Waals surface area (Å²) in [5.74, 6) is 0. The number of pyridine rings is 7. The smallest absolute Gasteiger partial charge is 0.162 e. The first-order valence-corrected chi connectivity index (χ1v) is 41.2. The summed E-state index contributed by atoms with van der Waals surface area (Å²) in [5, 5.41) is 28.6. The van der Waals surface area contributed by atoms with Crippen molar-refractivity contribution in [2.75, 3.05) is 93.2 Å². The molecule has 0 spiro atoms. The molecule has 12 aromatic heterocycles. The fraction of sp³-hybridized carbons (Fsp3) is 0.139. The zero-order valence-corrected chi connectivity index (χ0v) is 66.8. The molecule has 0 radical (unpaired) electrons. The second-order valence-corrected chi connectivity index (χ2v) is 30.8. The van der Waals surface area contributed by atoms with Gasteiger partial charge in [-0.2, -0.15) is 15.3 Å². The van der Waals surface area contributed by atoms with Crippen LogP contribution in [0.25, 0.3) is 155 Å². The van der Waals surface area contributed by atoms with E-state index in [2.05, 4.69) is 309 Å². The number of fused-ring (bicyclic) bond motifs is 8. The molecule has 20 aromatic rings. The summed E-state index contributed by atoms with van der Waals surface area (Å²) in [6.07, 6.45) is 25.5. The summed E-state index contributed by atoms with van der Waals surface area (Å²) in [7, 11) is 0. The fourth-order valence-electron chi connectivity index (χ4n) is 16.9. The Balaban J connectivity index is 0.000000103. The Morgan fingerprint density at radius 1 is 0.267 bits per heavy atom. The highest BCUT2D eigenvalue weighted by Gasteiger charge is 2.20. The second-order valence-electron chi connectivity index (χ2n) is 30.8. The van der Waals surface area contributed by atoms with Gasteiger partial charge < -0.3 is 35.1 Å². The summed E-state index contributed by atoms with van der Waals surface area (Å²) in [6, 6.07) is 87.3. The summed E-state index contributed by atoms with van der Waals surface area (Å²) in [6.45, 7) is 16.8. The quantitative estimate of drug-likeness (QED) is 0.111. The Bertz CT molecular complexity index is 6840. The molecule has 0 bridgehead atoms. The van der Waals surface area contributed by atoms with Crippen LogP contribution in [0.1, 0.15) is 11.1 Å². The Morgan fingerprint density at radius 2 is 0.633 bits per heavy atom. The number of rotatable bonds is 11. The Labute approximate surface area is 694 Å². The van der Waals surface area contributed by atoms with Gasteiger partial charge >= 0.3 is 0 Å². The zero-order valence-electron chi connectivity index (χ0n) is 66.8. The maximum atomic E-state index is 4.77. The SMILES string of the molecule is Cc1ccc(-c2ccc3c(-c4ccnc5ccccc45)cnn3c2)cc1.Cc1ccc2c(-c3ncn4cc(-c5ccc(N6CCNCC6)cc5)ccc34)ccnc2c1.c1ccc2c(-c3cnn4cc(-c5ccc(N6CCNCC6)cc5)ccc34)ccnc2c1.c1ccc2c(-c3cnn4cc(-c5ccc(N6CCNCC6)cc5)cnc34)ccnc2c1. The minimum absolute atomic E-state index is 0.845. The van der Waals surface area contributed by atoms with Crippen molar-refractivity contribution < 1.29 is 0 Å². The molecule has 8 aromatic carbocycles. The standard InChI is InChI=1S/C27H25N5.C26H23N5.C25H22N6.C23H17N3/c1-19-2-8-23-24(10-11-29-25(23)16-19)27-26-9-5-21(17-32(26)18-30-27)20-3-6-22(7-4-20)31-14-12-28-13-15-31;1-2-4-25-23(3-1)22(11-12-28-25)24-17-29-31-18-20(7-10-26(24)31)19-5-8-21(9-6-19)30-15-13-27-14-16-30;1-2-4-24-22(3-1)21(9-10-27-24)23-16-29-31-17-19(15-28-25(23)31)18-5-7-20(8-6-18)30-13-11-26-12-14-30;1-16-6-8-17(9-7-16)18-10-11-23-21(14-25-26(23)15-18)19-12-13-24-22-5-3-2-4-20(19)22/h2-11,16-18,28H,12-15H2,1H3;1-12,17-18,27H,13-16H2;1-10,15-17,26H,11-14H2;2-15H,1H3. The predicted octanol–water partition coefficient (Wildman–Crippen LogP) is 19.1. The van der Waals surface area contributed by atoms with E-state index in [1.54, 1.807) is 0 Å². The minimum Gasteiger partial charge on any atom is -0.369 e. The molecule has 0 amide bonds. The maximum Gasteiger partial charge on any atom is 0.162 e. The Morgan fingerprint density at radius 3 is 1.12 bits per heavy atom. The van der Waals surface area contributed by atoms with Crippen molar-refractivity contribution in [1.29, 1.82) is 0 Å². The van der Waals surface area contributed by atoms with Crippen molar-refractivity contribution in [2.45, 2.75) is 13.8 Å². The number of hydrogen-bond acceptors (Lipinski definition) is 15. The van der Waals surface area contributed by atoms with Crippen molar-refractivity contribution in [3.05, 3.63) is 341 Å². The molecule has 19 nitrogen and oxygen atoms in total. The molecule has 586 valence electrons. The van der Waals surface area contributed by atoms with Crippen molar-refractivity contribution in [3.63, 3.8) is 0 Å². The first kappa shape index (κ1) is 74.2. The second kappa shape index (κ2) is 33.2. The van der Waals surface area contributed by atoms with Crippen molar-refractivity contribution in [1.82, 2.24) is 79.1 Å². The minimum atomic E-state index is 0.845. The number of hydrogen-bond donors (Lipinski definition) is 3. The number of para-hydroxylation sites is 3. The zero-order chi connectivity index (χ0) is 80.2. The van der Waals surface area contributed by atoms with E-state index in [4.69, 9.17) is 9.97 Å². The van der Waals surface area contributed by atoms with Crippen LogP contribution in [0.4, 0.5) is 17.1 Å². The molecule has 120 heavy (non-hydrogen) atoms. The van der Waals surface area contributed by atoms with Crippen LogP contribution in [0, 0.1) is 13.8 Å². The van der Waals surface area contributed by atoms with Gasteiger partial charge in [-0.25, -0.2) is 23.5 Å². The van der Waals surface area contributed by atoms with Crippen LogP contribution >= 0.6 is 0 Å². The van der Waals surface area contributed by atoms with Crippen LogP contribution in [0.5, 0.6) is 0 Å². The van der Waals surface area contributed by atoms with E-state index in [-0.39, 0.29) is 0 Å². The maximum absolute atomic E-state index is 4.77. The van der Waals surface area contributed by atoms with E-state index in [9.17, 15) is 0 Å². The van der Waals surface area contributed by atoms with Gasteiger partial charge in [0, 0.05) is 212 Å². The molecule has 3 aliphatic rings. The largest absolute Gasteiger partial charge is 0.369 e. The number of anilines is 3. The van der Waals surface area contributed by atoms with Gasteiger partial charge in [-0.3, -0.25) is 19.9 Å². The van der Waals surface area contributed by atoms with Gasteiger partial charge in [0.25, 0.3) is 0 Å². The molecule has 0 aliphatic carbocycles.